The summed E-state index contributed by atoms with van der Waals surface area (Å²) in [5.41, 5.74) is 3.36. The third kappa shape index (κ3) is 5.67. The van der Waals surface area contributed by atoms with Crippen molar-refractivity contribution < 1.29 is 22.7 Å². The first-order valence-electron chi connectivity index (χ1n) is 13.1. The Morgan fingerprint density at radius 1 is 1.21 bits per heavy atom. The van der Waals surface area contributed by atoms with Gasteiger partial charge in [0.25, 0.3) is 11.5 Å². The van der Waals surface area contributed by atoms with Crippen LogP contribution in [-0.2, 0) is 6.42 Å². The lowest BCUT2D eigenvalue weighted by molar-refractivity contribution is -0.0570. The van der Waals surface area contributed by atoms with E-state index in [0.717, 1.165) is 29.4 Å². The number of nitrogens with zero attached hydrogens (tertiary/aromatic N) is 2. The zero-order valence-corrected chi connectivity index (χ0v) is 22.5. The number of carbonyl (C=O) groups is 1. The number of hydrogen-bond acceptors (Lipinski definition) is 4. The number of Topliss-reactive ketones (excluding diaryl/α,β-unsaturated/α-hetero) is 1. The number of halogens is 3. The zero-order chi connectivity index (χ0) is 27.6. The van der Waals surface area contributed by atoms with E-state index in [4.69, 9.17) is 4.74 Å². The molecule has 0 spiro atoms. The number of nitrogens with one attached hydrogen (secondary N) is 1. The molecular formula is C29H36F3N3O3. The van der Waals surface area contributed by atoms with Gasteiger partial charge in [-0.1, -0.05) is 18.2 Å². The topological polar surface area (TPSA) is 67.3 Å². The van der Waals surface area contributed by atoms with E-state index in [1.807, 2.05) is 31.2 Å². The molecule has 3 aromatic rings. The van der Waals surface area contributed by atoms with Crippen LogP contribution in [0.5, 0.6) is 5.75 Å². The SMILES string of the molecule is COc1cc(C)[nH]c(=O)c1CCC(=O)c1c(C)n([C@H](C)C2CCN(CC(F)(F)CF)CC2)c2ccccc12. The Balaban J connectivity index is 1.56. The van der Waals surface area contributed by atoms with Crippen LogP contribution in [0.1, 0.15) is 59.5 Å². The second-order valence-corrected chi connectivity index (χ2v) is 10.4. The quantitative estimate of drug-likeness (QED) is 0.344. The Kier molecular flexibility index (Phi) is 8.35. The number of H-pyrrole nitrogens is 1. The summed E-state index contributed by atoms with van der Waals surface area (Å²) in [4.78, 5) is 30.5. The van der Waals surface area contributed by atoms with E-state index in [1.165, 1.54) is 7.11 Å². The van der Waals surface area contributed by atoms with Gasteiger partial charge in [-0.15, -0.1) is 0 Å². The van der Waals surface area contributed by atoms with Crippen LogP contribution < -0.4 is 10.3 Å². The van der Waals surface area contributed by atoms with E-state index in [1.54, 1.807) is 17.9 Å². The molecule has 0 amide bonds. The smallest absolute Gasteiger partial charge is 0.288 e. The van der Waals surface area contributed by atoms with Crippen molar-refractivity contribution in [2.75, 3.05) is 33.4 Å². The van der Waals surface area contributed by atoms with Crippen LogP contribution >= 0.6 is 0 Å². The minimum atomic E-state index is -3.31. The number of para-hydroxylation sites is 1. The Bertz CT molecular complexity index is 1360. The van der Waals surface area contributed by atoms with Gasteiger partial charge in [0.05, 0.1) is 19.2 Å². The highest BCUT2D eigenvalue weighted by molar-refractivity contribution is 6.09. The molecule has 1 aromatic carbocycles. The van der Waals surface area contributed by atoms with Crippen LogP contribution in [-0.4, -0.2) is 59.6 Å². The number of ether oxygens (including phenoxy) is 1. The maximum atomic E-state index is 13.6. The Morgan fingerprint density at radius 3 is 2.55 bits per heavy atom. The molecular weight excluding hydrogens is 495 g/mol. The maximum absolute atomic E-state index is 13.6. The van der Waals surface area contributed by atoms with Gasteiger partial charge in [0, 0.05) is 40.3 Å². The first-order valence-corrected chi connectivity index (χ1v) is 13.1. The van der Waals surface area contributed by atoms with Crippen LogP contribution in [0, 0.1) is 19.8 Å². The van der Waals surface area contributed by atoms with Crippen LogP contribution in [0.3, 0.4) is 0 Å². The van der Waals surface area contributed by atoms with E-state index in [2.05, 4.69) is 16.5 Å². The summed E-state index contributed by atoms with van der Waals surface area (Å²) in [5.74, 6) is -2.65. The fraction of sp³-hybridized carbons (Fsp3) is 0.517. The number of aryl methyl sites for hydroxylation is 1. The number of ketones is 1. The van der Waals surface area contributed by atoms with Gasteiger partial charge in [-0.25, -0.2) is 13.2 Å². The summed E-state index contributed by atoms with van der Waals surface area (Å²) in [6.45, 7) is 4.62. The third-order valence-corrected chi connectivity index (χ3v) is 7.86. The minimum Gasteiger partial charge on any atom is -0.496 e. The lowest BCUT2D eigenvalue weighted by Crippen LogP contribution is -2.43. The van der Waals surface area contributed by atoms with Crippen LogP contribution in [0.25, 0.3) is 10.9 Å². The highest BCUT2D eigenvalue weighted by Gasteiger charge is 2.35. The number of hydrogen-bond donors (Lipinski definition) is 1. The van der Waals surface area contributed by atoms with Crippen molar-refractivity contribution in [3.63, 3.8) is 0 Å². The number of fused-ring (bicyclic) bond motifs is 1. The lowest BCUT2D eigenvalue weighted by atomic mass is 9.89. The molecule has 1 atom stereocenters. The third-order valence-electron chi connectivity index (χ3n) is 7.86. The zero-order valence-electron chi connectivity index (χ0n) is 22.5. The molecule has 0 unspecified atom stereocenters. The highest BCUT2D eigenvalue weighted by atomic mass is 19.3. The summed E-state index contributed by atoms with van der Waals surface area (Å²) in [6.07, 6.45) is 1.85. The van der Waals surface area contributed by atoms with Gasteiger partial charge in [0.2, 0.25) is 0 Å². The number of benzene rings is 1. The monoisotopic (exact) mass is 531 g/mol. The van der Waals surface area contributed by atoms with Crippen molar-refractivity contribution >= 4 is 16.7 Å². The fourth-order valence-electron chi connectivity index (χ4n) is 5.91. The van der Waals surface area contributed by atoms with Crippen LogP contribution in [0.4, 0.5) is 13.2 Å². The fourth-order valence-corrected chi connectivity index (χ4v) is 5.91. The molecule has 1 N–H and O–H groups in total. The second-order valence-electron chi connectivity index (χ2n) is 10.4. The van der Waals surface area contributed by atoms with Crippen molar-refractivity contribution in [1.29, 1.82) is 0 Å². The van der Waals surface area contributed by atoms with Gasteiger partial charge >= 0.3 is 0 Å². The molecule has 9 heteroatoms. The molecule has 3 heterocycles. The van der Waals surface area contributed by atoms with Crippen molar-refractivity contribution in [2.24, 2.45) is 5.92 Å². The molecule has 0 aliphatic carbocycles. The van der Waals surface area contributed by atoms with E-state index in [9.17, 15) is 22.8 Å². The molecule has 0 radical (unpaired) electrons. The van der Waals surface area contributed by atoms with E-state index >= 15 is 0 Å². The summed E-state index contributed by atoms with van der Waals surface area (Å²) in [7, 11) is 1.51. The molecule has 6 nitrogen and oxygen atoms in total. The van der Waals surface area contributed by atoms with Crippen molar-refractivity contribution in [1.82, 2.24) is 14.5 Å². The summed E-state index contributed by atoms with van der Waals surface area (Å²) >= 11 is 0. The number of pyridine rings is 1. The van der Waals surface area contributed by atoms with Gasteiger partial charge in [-0.3, -0.25) is 14.5 Å². The summed E-state index contributed by atoms with van der Waals surface area (Å²) in [5, 5.41) is 0.867. The minimum absolute atomic E-state index is 0.0463. The Hall–Kier alpha value is -3.07. The molecule has 0 bridgehead atoms. The normalized spacial score (nSPS) is 16.2. The molecule has 0 saturated carbocycles. The molecule has 38 heavy (non-hydrogen) atoms. The first-order chi connectivity index (χ1) is 18.1. The number of aromatic nitrogens is 2. The summed E-state index contributed by atoms with van der Waals surface area (Å²) < 4.78 is 47.3. The number of likely N-dealkylation sites (tertiary alicyclic amines) is 1. The predicted molar refractivity (Wildman–Crippen MR) is 142 cm³/mol. The molecule has 1 fully saturated rings. The predicted octanol–water partition coefficient (Wildman–Crippen LogP) is 5.65. The number of carbonyl (C=O) groups excluding carboxylic acids is 1. The number of alkyl halides is 3. The van der Waals surface area contributed by atoms with E-state index in [-0.39, 0.29) is 36.1 Å². The maximum Gasteiger partial charge on any atom is 0.288 e. The largest absolute Gasteiger partial charge is 0.496 e. The first kappa shape index (κ1) is 28.0. The van der Waals surface area contributed by atoms with Gasteiger partial charge in [0.15, 0.2) is 12.5 Å². The van der Waals surface area contributed by atoms with Crippen molar-refractivity contribution in [3.8, 4) is 5.75 Å². The average molecular weight is 532 g/mol. The number of aromatic amines is 1. The molecule has 206 valence electrons. The van der Waals surface area contributed by atoms with Gasteiger partial charge in [0.1, 0.15) is 5.75 Å². The highest BCUT2D eigenvalue weighted by Crippen LogP contribution is 2.36. The number of piperidine rings is 1. The second kappa shape index (κ2) is 11.4. The molecule has 1 aliphatic heterocycles. The molecule has 1 saturated heterocycles. The van der Waals surface area contributed by atoms with E-state index < -0.39 is 19.1 Å². The van der Waals surface area contributed by atoms with Gasteiger partial charge in [-0.05, 0) is 71.2 Å². The average Bonchev–Trinajstić information content (AvgIpc) is 3.19. The van der Waals surface area contributed by atoms with Crippen molar-refractivity contribution in [3.05, 3.63) is 63.2 Å². The Morgan fingerprint density at radius 2 is 1.89 bits per heavy atom. The standard InChI is InChI=1S/C29H36F3N3O3/c1-18-15-26(38-4)23(28(37)33-18)9-10-25(36)27-20(3)35(24-8-6-5-7-22(24)27)19(2)21-11-13-34(14-12-21)17-29(31,32)16-30/h5-8,15,19,21H,9-14,16-17H2,1-4H3,(H,33,37)/t19-/m1/s1. The summed E-state index contributed by atoms with van der Waals surface area (Å²) in [6, 6.07) is 9.59. The number of rotatable bonds is 10. The molecule has 1 aliphatic rings. The van der Waals surface area contributed by atoms with Crippen LogP contribution in [0.15, 0.2) is 35.1 Å². The number of methoxy groups -OCH3 is 1. The van der Waals surface area contributed by atoms with Crippen molar-refractivity contribution in [2.45, 2.75) is 58.4 Å². The van der Waals surface area contributed by atoms with Gasteiger partial charge in [-0.2, -0.15) is 0 Å². The molecule has 4 rings (SSSR count). The van der Waals surface area contributed by atoms with Crippen LogP contribution in [0.2, 0.25) is 0 Å². The van der Waals surface area contributed by atoms with Gasteiger partial charge < -0.3 is 14.3 Å². The molecule has 2 aromatic heterocycles. The van der Waals surface area contributed by atoms with E-state index in [0.29, 0.717) is 35.7 Å². The Labute approximate surface area is 220 Å². The lowest BCUT2D eigenvalue weighted by Gasteiger charge is -2.37.